The Hall–Kier alpha value is -2.02. The highest BCUT2D eigenvalue weighted by atomic mass is 79.9. The standard InChI is InChI=1S/C14H15BrN2O4/c1-6(2)10-13(19)16-12(17-14(10)20)7-4-8(15)11(18)9(5-7)21-3/h4-6,18H,1-3H3,(H2,16,17,19,20). The minimum absolute atomic E-state index is 0.0494. The van der Waals surface area contributed by atoms with Gasteiger partial charge in [-0.1, -0.05) is 13.8 Å². The molecule has 21 heavy (non-hydrogen) atoms. The van der Waals surface area contributed by atoms with E-state index in [1.54, 1.807) is 19.9 Å². The van der Waals surface area contributed by atoms with Crippen molar-refractivity contribution in [2.24, 2.45) is 0 Å². The molecule has 0 spiro atoms. The summed E-state index contributed by atoms with van der Waals surface area (Å²) in [6.45, 7) is 3.59. The van der Waals surface area contributed by atoms with Crippen LogP contribution in [0.4, 0.5) is 0 Å². The molecule has 3 N–H and O–H groups in total. The first-order valence-corrected chi connectivity index (χ1v) is 7.04. The van der Waals surface area contributed by atoms with Gasteiger partial charge < -0.3 is 19.9 Å². The quantitative estimate of drug-likeness (QED) is 0.787. The van der Waals surface area contributed by atoms with Crippen molar-refractivity contribution in [3.8, 4) is 28.8 Å². The first kappa shape index (κ1) is 15.4. The third kappa shape index (κ3) is 2.87. The zero-order valence-electron chi connectivity index (χ0n) is 11.8. The summed E-state index contributed by atoms with van der Waals surface area (Å²) in [7, 11) is 1.42. The van der Waals surface area contributed by atoms with E-state index in [9.17, 15) is 15.0 Å². The number of aromatic hydroxyl groups is 2. The number of phenolic OH excluding ortho intramolecular Hbond substituents is 1. The molecule has 112 valence electrons. The number of ether oxygens (including phenoxy) is 1. The molecule has 2 rings (SSSR count). The van der Waals surface area contributed by atoms with Gasteiger partial charge in [0.2, 0.25) is 5.88 Å². The van der Waals surface area contributed by atoms with E-state index in [1.807, 2.05) is 0 Å². The van der Waals surface area contributed by atoms with Gasteiger partial charge in [-0.2, -0.15) is 4.98 Å². The Balaban J connectivity index is 2.63. The summed E-state index contributed by atoms with van der Waals surface area (Å²) in [5, 5.41) is 19.7. The van der Waals surface area contributed by atoms with Crippen molar-refractivity contribution in [2.45, 2.75) is 19.8 Å². The topological polar surface area (TPSA) is 95.4 Å². The van der Waals surface area contributed by atoms with Gasteiger partial charge >= 0.3 is 0 Å². The first-order chi connectivity index (χ1) is 9.85. The molecule has 0 amide bonds. The normalized spacial score (nSPS) is 10.9. The minimum Gasteiger partial charge on any atom is -0.503 e. The average molecular weight is 355 g/mol. The van der Waals surface area contributed by atoms with Crippen LogP contribution < -0.4 is 10.3 Å². The second-order valence-electron chi connectivity index (χ2n) is 4.82. The molecule has 6 nitrogen and oxygen atoms in total. The second kappa shape index (κ2) is 5.77. The highest BCUT2D eigenvalue weighted by molar-refractivity contribution is 9.10. The maximum atomic E-state index is 12.0. The average Bonchev–Trinajstić information content (AvgIpc) is 2.40. The van der Waals surface area contributed by atoms with Gasteiger partial charge in [-0.3, -0.25) is 4.79 Å². The van der Waals surface area contributed by atoms with E-state index in [-0.39, 0.29) is 34.7 Å². The number of halogens is 1. The predicted octanol–water partition coefficient (Wildman–Crippen LogP) is 2.74. The monoisotopic (exact) mass is 354 g/mol. The molecule has 0 aliphatic rings. The zero-order valence-corrected chi connectivity index (χ0v) is 13.4. The van der Waals surface area contributed by atoms with Gasteiger partial charge in [0, 0.05) is 5.56 Å². The van der Waals surface area contributed by atoms with Crippen molar-refractivity contribution in [1.82, 2.24) is 9.97 Å². The summed E-state index contributed by atoms with van der Waals surface area (Å²) in [5.74, 6) is -0.0646. The van der Waals surface area contributed by atoms with Crippen LogP contribution in [0.15, 0.2) is 21.4 Å². The van der Waals surface area contributed by atoms with Crippen molar-refractivity contribution in [3.63, 3.8) is 0 Å². The fourth-order valence-corrected chi connectivity index (χ4v) is 2.44. The Morgan fingerprint density at radius 2 is 2.00 bits per heavy atom. The summed E-state index contributed by atoms with van der Waals surface area (Å²) >= 11 is 3.20. The van der Waals surface area contributed by atoms with Crippen LogP contribution in [0, 0.1) is 0 Å². The fourth-order valence-electron chi connectivity index (χ4n) is 1.99. The lowest BCUT2D eigenvalue weighted by molar-refractivity contribution is 0.372. The van der Waals surface area contributed by atoms with Crippen LogP contribution in [0.1, 0.15) is 25.3 Å². The zero-order chi connectivity index (χ0) is 15.7. The molecule has 0 aliphatic heterocycles. The minimum atomic E-state index is -0.393. The molecule has 1 heterocycles. The Labute approximate surface area is 129 Å². The number of aromatic amines is 1. The van der Waals surface area contributed by atoms with Crippen molar-refractivity contribution in [2.75, 3.05) is 7.11 Å². The predicted molar refractivity (Wildman–Crippen MR) is 82.0 cm³/mol. The van der Waals surface area contributed by atoms with Gasteiger partial charge in [-0.05, 0) is 34.0 Å². The summed E-state index contributed by atoms with van der Waals surface area (Å²) < 4.78 is 5.44. The van der Waals surface area contributed by atoms with Gasteiger partial charge in [0.05, 0.1) is 17.1 Å². The maximum Gasteiger partial charge on any atom is 0.258 e. The fraction of sp³-hybridized carbons (Fsp3) is 0.286. The highest BCUT2D eigenvalue weighted by Gasteiger charge is 2.17. The van der Waals surface area contributed by atoms with E-state index in [0.29, 0.717) is 10.0 Å². The third-order valence-corrected chi connectivity index (χ3v) is 3.64. The van der Waals surface area contributed by atoms with Crippen LogP contribution in [-0.4, -0.2) is 27.3 Å². The van der Waals surface area contributed by atoms with Gasteiger partial charge in [0.25, 0.3) is 5.56 Å². The summed E-state index contributed by atoms with van der Waals surface area (Å²) in [6.07, 6.45) is 0. The Bertz CT molecular complexity index is 740. The summed E-state index contributed by atoms with van der Waals surface area (Å²) in [5.41, 5.74) is 0.346. The lowest BCUT2D eigenvalue weighted by Gasteiger charge is -2.11. The van der Waals surface area contributed by atoms with E-state index in [4.69, 9.17) is 4.74 Å². The number of H-pyrrole nitrogens is 1. The number of aromatic nitrogens is 2. The summed E-state index contributed by atoms with van der Waals surface area (Å²) in [4.78, 5) is 18.7. The van der Waals surface area contributed by atoms with Crippen LogP contribution in [0.25, 0.3) is 11.4 Å². The van der Waals surface area contributed by atoms with E-state index in [2.05, 4.69) is 25.9 Å². The number of benzene rings is 1. The molecular formula is C14H15BrN2O4. The van der Waals surface area contributed by atoms with Gasteiger partial charge in [-0.25, -0.2) is 0 Å². The molecule has 1 aromatic carbocycles. The number of nitrogens with one attached hydrogen (secondary N) is 1. The second-order valence-corrected chi connectivity index (χ2v) is 5.67. The maximum absolute atomic E-state index is 12.0. The Morgan fingerprint density at radius 1 is 1.33 bits per heavy atom. The molecule has 2 aromatic rings. The van der Waals surface area contributed by atoms with Crippen LogP contribution in [0.5, 0.6) is 17.4 Å². The molecule has 0 unspecified atom stereocenters. The van der Waals surface area contributed by atoms with Crippen molar-refractivity contribution in [1.29, 1.82) is 0 Å². The third-order valence-electron chi connectivity index (χ3n) is 3.03. The molecule has 1 aromatic heterocycles. The molecule has 0 bridgehead atoms. The molecular weight excluding hydrogens is 340 g/mol. The van der Waals surface area contributed by atoms with Crippen LogP contribution in [0.2, 0.25) is 0 Å². The SMILES string of the molecule is COc1cc(-c2nc(O)c(C(C)C)c(=O)[nH]2)cc(Br)c1O. The summed E-state index contributed by atoms with van der Waals surface area (Å²) in [6, 6.07) is 3.09. The van der Waals surface area contributed by atoms with E-state index in [1.165, 1.54) is 13.2 Å². The first-order valence-electron chi connectivity index (χ1n) is 6.25. The number of hydrogen-bond acceptors (Lipinski definition) is 5. The lowest BCUT2D eigenvalue weighted by atomic mass is 10.1. The Morgan fingerprint density at radius 3 is 2.52 bits per heavy atom. The molecule has 7 heteroatoms. The van der Waals surface area contributed by atoms with Gasteiger partial charge in [0.15, 0.2) is 11.5 Å². The molecule has 0 saturated carbocycles. The highest BCUT2D eigenvalue weighted by Crippen LogP contribution is 2.38. The van der Waals surface area contributed by atoms with Crippen molar-refractivity contribution in [3.05, 3.63) is 32.5 Å². The molecule has 0 saturated heterocycles. The van der Waals surface area contributed by atoms with Gasteiger partial charge in [-0.15, -0.1) is 0 Å². The van der Waals surface area contributed by atoms with E-state index in [0.717, 1.165) is 0 Å². The van der Waals surface area contributed by atoms with Crippen LogP contribution in [0.3, 0.4) is 0 Å². The van der Waals surface area contributed by atoms with Crippen LogP contribution in [-0.2, 0) is 0 Å². The van der Waals surface area contributed by atoms with Crippen molar-refractivity contribution >= 4 is 15.9 Å². The van der Waals surface area contributed by atoms with Crippen LogP contribution >= 0.6 is 15.9 Å². The number of nitrogens with zero attached hydrogens (tertiary/aromatic N) is 1. The number of methoxy groups -OCH3 is 1. The molecule has 0 fully saturated rings. The molecule has 0 atom stereocenters. The van der Waals surface area contributed by atoms with E-state index < -0.39 is 5.56 Å². The largest absolute Gasteiger partial charge is 0.503 e. The number of hydrogen-bond donors (Lipinski definition) is 3. The smallest absolute Gasteiger partial charge is 0.258 e. The molecule has 0 aliphatic carbocycles. The van der Waals surface area contributed by atoms with Crippen molar-refractivity contribution < 1.29 is 14.9 Å². The van der Waals surface area contributed by atoms with E-state index >= 15 is 0 Å². The lowest BCUT2D eigenvalue weighted by Crippen LogP contribution is -2.16. The number of phenols is 1. The number of rotatable bonds is 3. The Kier molecular flexibility index (Phi) is 4.22. The van der Waals surface area contributed by atoms with Gasteiger partial charge in [0.1, 0.15) is 5.82 Å². The molecule has 0 radical (unpaired) electrons.